The first-order valence-electron chi connectivity index (χ1n) is 30.3. The molecule has 2 fully saturated rings. The minimum Gasteiger partial charge on any atom is -0.462 e. The number of hydrogen-bond acceptors (Lipinski definition) is 15. The second kappa shape index (κ2) is 46.2. The van der Waals surface area contributed by atoms with Gasteiger partial charge in [-0.15, -0.1) is 0 Å². The zero-order chi connectivity index (χ0) is 53.9. The molecule has 0 aromatic rings. The molecule has 436 valence electrons. The van der Waals surface area contributed by atoms with E-state index >= 15 is 0 Å². The van der Waals surface area contributed by atoms with Gasteiger partial charge >= 0.3 is 11.9 Å². The van der Waals surface area contributed by atoms with Crippen molar-refractivity contribution in [1.82, 2.24) is 0 Å². The van der Waals surface area contributed by atoms with Gasteiger partial charge in [-0.05, 0) is 38.5 Å². The van der Waals surface area contributed by atoms with E-state index in [-0.39, 0.29) is 26.1 Å². The number of esters is 2. The van der Waals surface area contributed by atoms with Gasteiger partial charge in [0.25, 0.3) is 0 Å². The van der Waals surface area contributed by atoms with E-state index in [2.05, 4.69) is 26.0 Å². The summed E-state index contributed by atoms with van der Waals surface area (Å²) >= 11 is 0. The van der Waals surface area contributed by atoms with Gasteiger partial charge in [0, 0.05) is 12.8 Å². The van der Waals surface area contributed by atoms with Crippen LogP contribution in [0, 0.1) is 0 Å². The lowest BCUT2D eigenvalue weighted by molar-refractivity contribution is -0.332. The Labute approximate surface area is 448 Å². The second-order valence-corrected chi connectivity index (χ2v) is 21.5. The number of rotatable bonds is 49. The second-order valence-electron chi connectivity index (χ2n) is 21.5. The smallest absolute Gasteiger partial charge is 0.306 e. The minimum atomic E-state index is -1.77. The van der Waals surface area contributed by atoms with Crippen molar-refractivity contribution >= 4 is 11.9 Å². The highest BCUT2D eigenvalue weighted by Crippen LogP contribution is 2.27. The van der Waals surface area contributed by atoms with Gasteiger partial charge in [0.1, 0.15) is 55.4 Å². The molecule has 15 heteroatoms. The zero-order valence-electron chi connectivity index (χ0n) is 46.6. The molecule has 74 heavy (non-hydrogen) atoms. The molecule has 0 spiro atoms. The summed E-state index contributed by atoms with van der Waals surface area (Å²) in [7, 11) is 0. The number of carbonyl (C=O) groups excluding carboxylic acids is 2. The molecule has 0 bridgehead atoms. The first-order chi connectivity index (χ1) is 36.0. The van der Waals surface area contributed by atoms with Crippen molar-refractivity contribution < 1.29 is 73.8 Å². The number of hydrogen-bond donors (Lipinski definition) is 7. The summed E-state index contributed by atoms with van der Waals surface area (Å²) in [5.41, 5.74) is 0. The predicted molar refractivity (Wildman–Crippen MR) is 289 cm³/mol. The Kier molecular flexibility index (Phi) is 42.7. The summed E-state index contributed by atoms with van der Waals surface area (Å²) in [6.45, 7) is 2.63. The molecule has 15 nitrogen and oxygen atoms in total. The van der Waals surface area contributed by atoms with Crippen LogP contribution in [0.15, 0.2) is 12.2 Å². The van der Waals surface area contributed by atoms with Crippen LogP contribution in [0.1, 0.15) is 258 Å². The SMILES string of the molecule is CCCCCCCCCCC/C=C/CCCCC(=O)O[C@@H](COC(=O)CCCCCCCCCCCCCCCCCCCCCCCCC)CO[C@@H]1O[C@H](CO[C@@H]2O[C@H](CO)[C@H](O)C(O)C2O)[C@H](O)C(O)C1O. The van der Waals surface area contributed by atoms with E-state index in [9.17, 15) is 45.3 Å². The highest BCUT2D eigenvalue weighted by Gasteiger charge is 2.47. The molecule has 0 amide bonds. The van der Waals surface area contributed by atoms with Crippen molar-refractivity contribution in [3.05, 3.63) is 12.2 Å². The molecule has 0 saturated carbocycles. The Bertz CT molecular complexity index is 1340. The molecule has 4 unspecified atom stereocenters. The molecule has 11 atom stereocenters. The normalized spacial score (nSPS) is 24.7. The lowest BCUT2D eigenvalue weighted by Gasteiger charge is -2.42. The van der Waals surface area contributed by atoms with Crippen LogP contribution in [0.25, 0.3) is 0 Å². The van der Waals surface area contributed by atoms with Gasteiger partial charge in [-0.2, -0.15) is 0 Å². The van der Waals surface area contributed by atoms with E-state index in [1.165, 1.54) is 180 Å². The predicted octanol–water partition coefficient (Wildman–Crippen LogP) is 10.5. The quantitative estimate of drug-likeness (QED) is 0.0171. The third-order valence-electron chi connectivity index (χ3n) is 14.7. The highest BCUT2D eigenvalue weighted by atomic mass is 16.7. The van der Waals surface area contributed by atoms with Crippen LogP contribution < -0.4 is 0 Å². The average Bonchev–Trinajstić information content (AvgIpc) is 3.39. The molecule has 2 aliphatic rings. The van der Waals surface area contributed by atoms with Crippen LogP contribution in [0.5, 0.6) is 0 Å². The van der Waals surface area contributed by atoms with Crippen molar-refractivity contribution in [2.45, 2.75) is 325 Å². The van der Waals surface area contributed by atoms with E-state index in [4.69, 9.17) is 28.4 Å². The van der Waals surface area contributed by atoms with Gasteiger partial charge in [0.05, 0.1) is 19.8 Å². The summed E-state index contributed by atoms with van der Waals surface area (Å²) in [6, 6.07) is 0. The van der Waals surface area contributed by atoms with Crippen LogP contribution >= 0.6 is 0 Å². The molecule has 0 radical (unpaired) electrons. The van der Waals surface area contributed by atoms with Crippen LogP contribution in [-0.2, 0) is 38.0 Å². The maximum Gasteiger partial charge on any atom is 0.306 e. The first-order valence-corrected chi connectivity index (χ1v) is 30.3. The van der Waals surface area contributed by atoms with E-state index in [1.54, 1.807) is 0 Å². The van der Waals surface area contributed by atoms with Crippen molar-refractivity contribution in [2.24, 2.45) is 0 Å². The molecule has 2 saturated heterocycles. The molecule has 0 aliphatic carbocycles. The molecule has 0 aromatic carbocycles. The van der Waals surface area contributed by atoms with Gasteiger partial charge in [-0.1, -0.05) is 219 Å². The first kappa shape index (κ1) is 68.3. The minimum absolute atomic E-state index is 0.140. The van der Waals surface area contributed by atoms with Gasteiger partial charge in [0.15, 0.2) is 18.7 Å². The molecule has 2 heterocycles. The fourth-order valence-electron chi connectivity index (χ4n) is 9.80. The van der Waals surface area contributed by atoms with E-state index in [1.807, 2.05) is 0 Å². The van der Waals surface area contributed by atoms with Crippen molar-refractivity contribution in [3.8, 4) is 0 Å². The van der Waals surface area contributed by atoms with Gasteiger partial charge in [0.2, 0.25) is 0 Å². The van der Waals surface area contributed by atoms with Crippen molar-refractivity contribution in [1.29, 1.82) is 0 Å². The topological polar surface area (TPSA) is 231 Å². The molecule has 0 aromatic heterocycles. The number of aliphatic hydroxyl groups excluding tert-OH is 7. The van der Waals surface area contributed by atoms with E-state index < -0.39 is 92.7 Å². The third kappa shape index (κ3) is 32.9. The zero-order valence-corrected chi connectivity index (χ0v) is 46.6. The monoisotopic (exact) mass is 1060 g/mol. The molecule has 2 rings (SSSR count). The van der Waals surface area contributed by atoms with Crippen LogP contribution in [-0.4, -0.2) is 142 Å². The Hall–Kier alpha value is -1.76. The third-order valence-corrected chi connectivity index (χ3v) is 14.7. The van der Waals surface area contributed by atoms with Gasteiger partial charge in [-0.3, -0.25) is 9.59 Å². The summed E-state index contributed by atoms with van der Waals surface area (Å²) in [6.07, 6.45) is 32.5. The number of ether oxygens (including phenoxy) is 6. The maximum atomic E-state index is 13.0. The summed E-state index contributed by atoms with van der Waals surface area (Å²) in [4.78, 5) is 25.9. The summed E-state index contributed by atoms with van der Waals surface area (Å²) in [5, 5.41) is 72.3. The van der Waals surface area contributed by atoms with Crippen LogP contribution in [0.3, 0.4) is 0 Å². The summed E-state index contributed by atoms with van der Waals surface area (Å²) in [5.74, 6) is -0.934. The molecule has 7 N–H and O–H groups in total. The number of carbonyl (C=O) groups is 2. The number of unbranched alkanes of at least 4 members (excludes halogenated alkanes) is 33. The lowest BCUT2D eigenvalue weighted by Crippen LogP contribution is -2.61. The molecular weight excluding hydrogens is 949 g/mol. The molecular formula is C59H110O15. The maximum absolute atomic E-state index is 13.0. The highest BCUT2D eigenvalue weighted by molar-refractivity contribution is 5.70. The molecule has 2 aliphatic heterocycles. The van der Waals surface area contributed by atoms with Crippen LogP contribution in [0.2, 0.25) is 0 Å². The fraction of sp³-hybridized carbons (Fsp3) is 0.932. The number of aliphatic hydroxyl groups is 7. The Morgan fingerprint density at radius 3 is 1.22 bits per heavy atom. The van der Waals surface area contributed by atoms with Gasteiger partial charge in [-0.25, -0.2) is 0 Å². The average molecular weight is 1060 g/mol. The Balaban J connectivity index is 1.71. The van der Waals surface area contributed by atoms with E-state index in [0.29, 0.717) is 12.8 Å². The lowest BCUT2D eigenvalue weighted by atomic mass is 9.98. The standard InChI is InChI=1S/C59H110O15/c1-3-5-7-9-11-13-15-17-19-20-21-22-23-24-25-26-28-29-31-33-35-37-39-41-50(61)69-44-47(72-51(62)42-40-38-36-34-32-30-27-18-16-14-12-10-8-6-4-2)45-70-58-57(68)55(66)53(64)49(74-58)46-71-59-56(67)54(65)52(63)48(43-60)73-59/h32,34,47-49,52-60,63-68H,3-31,33,35-46H2,1-2H3/b34-32+/t47-,48+,49+,52-,53-,54?,55?,56?,57?,58+,59+/m0/s1. The summed E-state index contributed by atoms with van der Waals surface area (Å²) < 4.78 is 33.7. The van der Waals surface area contributed by atoms with Gasteiger partial charge < -0.3 is 64.2 Å². The largest absolute Gasteiger partial charge is 0.462 e. The Morgan fingerprint density at radius 2 is 0.770 bits per heavy atom. The van der Waals surface area contributed by atoms with Crippen LogP contribution in [0.4, 0.5) is 0 Å². The number of allylic oxidation sites excluding steroid dienone is 2. The van der Waals surface area contributed by atoms with Crippen molar-refractivity contribution in [3.63, 3.8) is 0 Å². The Morgan fingerprint density at radius 1 is 0.419 bits per heavy atom. The van der Waals surface area contributed by atoms with Crippen molar-refractivity contribution in [2.75, 3.05) is 26.4 Å². The van der Waals surface area contributed by atoms with E-state index in [0.717, 1.165) is 38.5 Å². The fourth-order valence-corrected chi connectivity index (χ4v) is 9.80.